The van der Waals surface area contributed by atoms with Crippen LogP contribution in [0.3, 0.4) is 0 Å². The molecule has 0 bridgehead atoms. The van der Waals surface area contributed by atoms with E-state index in [4.69, 9.17) is 4.43 Å². The highest BCUT2D eigenvalue weighted by Crippen LogP contribution is 2.48. The lowest BCUT2D eigenvalue weighted by Crippen LogP contribution is -2.53. The van der Waals surface area contributed by atoms with E-state index in [0.29, 0.717) is 13.0 Å². The molecule has 0 aromatic heterocycles. The summed E-state index contributed by atoms with van der Waals surface area (Å²) < 4.78 is 6.37. The van der Waals surface area contributed by atoms with Crippen LogP contribution in [-0.2, 0) is 4.43 Å². The van der Waals surface area contributed by atoms with Crippen LogP contribution >= 0.6 is 0 Å². The second-order valence-corrected chi connectivity index (χ2v) is 13.4. The summed E-state index contributed by atoms with van der Waals surface area (Å²) in [4.78, 5) is 0. The molecule has 0 saturated carbocycles. The van der Waals surface area contributed by atoms with E-state index in [-0.39, 0.29) is 11.6 Å². The van der Waals surface area contributed by atoms with Gasteiger partial charge in [0.1, 0.15) is 0 Å². The number of allylic oxidation sites excluding steroid dienone is 1. The van der Waals surface area contributed by atoms with Gasteiger partial charge in [-0.05, 0) is 43.5 Å². The molecule has 21 heavy (non-hydrogen) atoms. The third-order valence-electron chi connectivity index (χ3n) is 5.99. The Bertz CT molecular complexity index is 418. The van der Waals surface area contributed by atoms with Crippen molar-refractivity contribution in [2.24, 2.45) is 5.41 Å². The molecule has 0 aliphatic heterocycles. The second kappa shape index (κ2) is 5.80. The van der Waals surface area contributed by atoms with E-state index in [9.17, 15) is 10.2 Å². The summed E-state index contributed by atoms with van der Waals surface area (Å²) in [6.45, 7) is 17.7. The SMILES string of the molecule is CC1=C(CO[Si](C)(C)C(C)(C)C)C(C)(C)[C@](O)(CO)CC1. The van der Waals surface area contributed by atoms with Crippen molar-refractivity contribution in [1.82, 2.24) is 0 Å². The Morgan fingerprint density at radius 3 is 2.19 bits per heavy atom. The molecule has 124 valence electrons. The molecule has 4 heteroatoms. The molecule has 2 N–H and O–H groups in total. The average Bonchev–Trinajstić information content (AvgIpc) is 2.32. The Hall–Kier alpha value is -0.163. The highest BCUT2D eigenvalue weighted by atomic mass is 28.4. The Morgan fingerprint density at radius 2 is 1.76 bits per heavy atom. The zero-order chi connectivity index (χ0) is 16.7. The normalized spacial score (nSPS) is 27.1. The maximum absolute atomic E-state index is 10.8. The Morgan fingerprint density at radius 1 is 1.24 bits per heavy atom. The van der Waals surface area contributed by atoms with Crippen molar-refractivity contribution in [2.75, 3.05) is 13.2 Å². The van der Waals surface area contributed by atoms with Crippen LogP contribution in [0, 0.1) is 5.41 Å². The van der Waals surface area contributed by atoms with Crippen LogP contribution in [0.1, 0.15) is 54.4 Å². The quantitative estimate of drug-likeness (QED) is 0.612. The van der Waals surface area contributed by atoms with E-state index in [1.54, 1.807) is 0 Å². The molecule has 1 aliphatic carbocycles. The van der Waals surface area contributed by atoms with Gasteiger partial charge in [0.2, 0.25) is 0 Å². The molecule has 0 fully saturated rings. The van der Waals surface area contributed by atoms with Crippen LogP contribution in [0.2, 0.25) is 18.1 Å². The first-order chi connectivity index (χ1) is 9.28. The summed E-state index contributed by atoms with van der Waals surface area (Å²) in [5.74, 6) is 0. The molecule has 0 aromatic rings. The highest BCUT2D eigenvalue weighted by molar-refractivity contribution is 6.74. The van der Waals surface area contributed by atoms with Gasteiger partial charge >= 0.3 is 0 Å². The molecule has 1 atom stereocenters. The molecular weight excluding hydrogens is 280 g/mol. The minimum Gasteiger partial charge on any atom is -0.413 e. The van der Waals surface area contributed by atoms with Crippen LogP contribution in [-0.4, -0.2) is 37.3 Å². The van der Waals surface area contributed by atoms with E-state index in [1.807, 2.05) is 13.8 Å². The van der Waals surface area contributed by atoms with E-state index >= 15 is 0 Å². The first-order valence-corrected chi connectivity index (χ1v) is 10.9. The summed E-state index contributed by atoms with van der Waals surface area (Å²) in [7, 11) is -1.82. The summed E-state index contributed by atoms with van der Waals surface area (Å²) >= 11 is 0. The number of rotatable bonds is 4. The number of aliphatic hydroxyl groups is 2. The lowest BCUT2D eigenvalue weighted by atomic mass is 9.63. The van der Waals surface area contributed by atoms with E-state index < -0.39 is 19.3 Å². The van der Waals surface area contributed by atoms with Crippen molar-refractivity contribution < 1.29 is 14.6 Å². The van der Waals surface area contributed by atoms with Crippen molar-refractivity contribution in [3.8, 4) is 0 Å². The number of hydrogen-bond acceptors (Lipinski definition) is 3. The Kier molecular flexibility index (Phi) is 5.22. The van der Waals surface area contributed by atoms with Crippen molar-refractivity contribution in [3.05, 3.63) is 11.1 Å². The molecule has 3 nitrogen and oxygen atoms in total. The van der Waals surface area contributed by atoms with Crippen LogP contribution in [0.4, 0.5) is 0 Å². The molecule has 0 heterocycles. The first kappa shape index (κ1) is 18.9. The van der Waals surface area contributed by atoms with Gasteiger partial charge in [0, 0.05) is 5.41 Å². The fourth-order valence-electron chi connectivity index (χ4n) is 2.72. The van der Waals surface area contributed by atoms with Gasteiger partial charge < -0.3 is 14.6 Å². The summed E-state index contributed by atoms with van der Waals surface area (Å²) in [5.41, 5.74) is 0.970. The smallest absolute Gasteiger partial charge is 0.192 e. The third kappa shape index (κ3) is 3.44. The summed E-state index contributed by atoms with van der Waals surface area (Å²) in [6, 6.07) is 0. The third-order valence-corrected chi connectivity index (χ3v) is 10.5. The maximum atomic E-state index is 10.8. The topological polar surface area (TPSA) is 49.7 Å². The Balaban J connectivity index is 3.01. The minimum atomic E-state index is -1.82. The average molecular weight is 315 g/mol. The molecule has 1 aliphatic rings. The van der Waals surface area contributed by atoms with Gasteiger partial charge in [0.15, 0.2) is 8.32 Å². The van der Waals surface area contributed by atoms with Gasteiger partial charge in [-0.15, -0.1) is 0 Å². The fourth-order valence-corrected chi connectivity index (χ4v) is 3.66. The standard InChI is InChI=1S/C17H34O3Si/c1-13-9-10-17(19,12-18)16(5,6)14(13)11-20-21(7,8)15(2,3)4/h18-19H,9-12H2,1-8H3/t17-/m1/s1. The fraction of sp³-hybridized carbons (Fsp3) is 0.882. The van der Waals surface area contributed by atoms with Crippen molar-refractivity contribution in [3.63, 3.8) is 0 Å². The number of aliphatic hydroxyl groups excluding tert-OH is 1. The van der Waals surface area contributed by atoms with Crippen LogP contribution in [0.15, 0.2) is 11.1 Å². The lowest BCUT2D eigenvalue weighted by molar-refractivity contribution is -0.100. The molecule has 0 spiro atoms. The molecular formula is C17H34O3Si. The van der Waals surface area contributed by atoms with Crippen LogP contribution < -0.4 is 0 Å². The summed E-state index contributed by atoms with van der Waals surface area (Å²) in [5, 5.41) is 20.6. The van der Waals surface area contributed by atoms with Gasteiger partial charge in [0.25, 0.3) is 0 Å². The first-order valence-electron chi connectivity index (χ1n) is 7.95. The zero-order valence-corrected chi connectivity index (χ0v) is 16.1. The predicted octanol–water partition coefficient (Wildman–Crippen LogP) is 3.87. The molecule has 0 aromatic carbocycles. The number of hydrogen-bond donors (Lipinski definition) is 2. The second-order valence-electron chi connectivity index (χ2n) is 8.62. The Labute approximate surface area is 131 Å². The van der Waals surface area contributed by atoms with Gasteiger partial charge in [-0.1, -0.05) is 40.2 Å². The van der Waals surface area contributed by atoms with Gasteiger partial charge in [-0.25, -0.2) is 0 Å². The molecule has 0 amide bonds. The van der Waals surface area contributed by atoms with E-state index in [1.165, 1.54) is 5.57 Å². The van der Waals surface area contributed by atoms with Crippen molar-refractivity contribution >= 4 is 8.32 Å². The van der Waals surface area contributed by atoms with Gasteiger partial charge in [-0.2, -0.15) is 0 Å². The molecule has 0 unspecified atom stereocenters. The van der Waals surface area contributed by atoms with E-state index in [0.717, 1.165) is 12.0 Å². The van der Waals surface area contributed by atoms with E-state index in [2.05, 4.69) is 40.8 Å². The monoisotopic (exact) mass is 314 g/mol. The largest absolute Gasteiger partial charge is 0.413 e. The van der Waals surface area contributed by atoms with Gasteiger partial charge in [-0.3, -0.25) is 0 Å². The molecule has 0 saturated heterocycles. The maximum Gasteiger partial charge on any atom is 0.192 e. The highest BCUT2D eigenvalue weighted by Gasteiger charge is 2.49. The summed E-state index contributed by atoms with van der Waals surface area (Å²) in [6.07, 6.45) is 1.45. The molecule has 1 rings (SSSR count). The van der Waals surface area contributed by atoms with Crippen molar-refractivity contribution in [2.45, 2.75) is 78.1 Å². The zero-order valence-electron chi connectivity index (χ0n) is 15.1. The van der Waals surface area contributed by atoms with Crippen LogP contribution in [0.25, 0.3) is 0 Å². The van der Waals surface area contributed by atoms with Crippen molar-refractivity contribution in [1.29, 1.82) is 0 Å². The van der Waals surface area contributed by atoms with Gasteiger partial charge in [0.05, 0.1) is 18.8 Å². The predicted molar refractivity (Wildman–Crippen MR) is 90.9 cm³/mol. The molecule has 0 radical (unpaired) electrons. The van der Waals surface area contributed by atoms with Crippen LogP contribution in [0.5, 0.6) is 0 Å². The lowest BCUT2D eigenvalue weighted by Gasteiger charge is -2.48. The minimum absolute atomic E-state index is 0.174.